The lowest BCUT2D eigenvalue weighted by atomic mass is 10.2. The van der Waals surface area contributed by atoms with Crippen molar-refractivity contribution in [2.75, 3.05) is 0 Å². The first kappa shape index (κ1) is 9.47. The minimum Gasteiger partial charge on any atom is -0.339 e. The molecule has 16 heavy (non-hydrogen) atoms. The Bertz CT molecular complexity index is 478. The van der Waals surface area contributed by atoms with Gasteiger partial charge < -0.3 is 10.3 Å². The zero-order valence-corrected chi connectivity index (χ0v) is 8.71. The molecule has 5 nitrogen and oxygen atoms in total. The Morgan fingerprint density at radius 3 is 2.94 bits per heavy atom. The first-order chi connectivity index (χ1) is 7.84. The Hall–Kier alpha value is -1.75. The van der Waals surface area contributed by atoms with Gasteiger partial charge >= 0.3 is 0 Å². The average Bonchev–Trinajstić information content (AvgIpc) is 3.08. The molecule has 1 atom stereocenters. The number of nitrogens with zero attached hydrogens (tertiary/aromatic N) is 3. The summed E-state index contributed by atoms with van der Waals surface area (Å²) >= 11 is 0. The fourth-order valence-corrected chi connectivity index (χ4v) is 1.56. The molecule has 1 aliphatic rings. The first-order valence-corrected chi connectivity index (χ1v) is 5.34. The quantitative estimate of drug-likeness (QED) is 0.838. The SMILES string of the molecule is N[C@H](c1ccccn1)c1noc(C2CC2)n1. The third-order valence-corrected chi connectivity index (χ3v) is 2.67. The lowest BCUT2D eigenvalue weighted by Crippen LogP contribution is -2.14. The maximum absolute atomic E-state index is 6.00. The van der Waals surface area contributed by atoms with Gasteiger partial charge in [-0.1, -0.05) is 11.2 Å². The highest BCUT2D eigenvalue weighted by molar-refractivity contribution is 5.16. The molecular weight excluding hydrogens is 204 g/mol. The van der Waals surface area contributed by atoms with Crippen LogP contribution in [-0.2, 0) is 0 Å². The van der Waals surface area contributed by atoms with E-state index in [1.807, 2.05) is 18.2 Å². The molecule has 2 aromatic rings. The minimum atomic E-state index is -0.405. The molecule has 82 valence electrons. The van der Waals surface area contributed by atoms with Crippen molar-refractivity contribution < 1.29 is 4.52 Å². The van der Waals surface area contributed by atoms with E-state index in [1.54, 1.807) is 6.20 Å². The van der Waals surface area contributed by atoms with E-state index in [0.29, 0.717) is 17.6 Å². The molecule has 0 amide bonds. The topological polar surface area (TPSA) is 77.8 Å². The van der Waals surface area contributed by atoms with E-state index in [0.717, 1.165) is 18.5 Å². The van der Waals surface area contributed by atoms with Crippen LogP contribution in [0, 0.1) is 0 Å². The predicted molar refractivity (Wildman–Crippen MR) is 56.5 cm³/mol. The average molecular weight is 216 g/mol. The van der Waals surface area contributed by atoms with Crippen molar-refractivity contribution in [2.45, 2.75) is 24.8 Å². The summed E-state index contributed by atoms with van der Waals surface area (Å²) in [5.74, 6) is 1.68. The summed E-state index contributed by atoms with van der Waals surface area (Å²) in [5, 5.41) is 3.90. The van der Waals surface area contributed by atoms with Crippen molar-refractivity contribution in [3.8, 4) is 0 Å². The molecule has 1 fully saturated rings. The highest BCUT2D eigenvalue weighted by atomic mass is 16.5. The molecule has 2 N–H and O–H groups in total. The third-order valence-electron chi connectivity index (χ3n) is 2.67. The van der Waals surface area contributed by atoms with Crippen molar-refractivity contribution >= 4 is 0 Å². The smallest absolute Gasteiger partial charge is 0.229 e. The second-order valence-corrected chi connectivity index (χ2v) is 4.00. The second-order valence-electron chi connectivity index (χ2n) is 4.00. The molecule has 0 aliphatic heterocycles. The van der Waals surface area contributed by atoms with E-state index in [-0.39, 0.29) is 0 Å². The van der Waals surface area contributed by atoms with Crippen LogP contribution in [0.5, 0.6) is 0 Å². The standard InChI is InChI=1S/C11H12N4O/c12-9(8-3-1-2-6-13-8)10-14-11(16-15-10)7-4-5-7/h1-3,6-7,9H,4-5,12H2/t9-/m1/s1. The number of rotatable bonds is 3. The summed E-state index contributed by atoms with van der Waals surface area (Å²) in [6, 6.07) is 5.20. The zero-order chi connectivity index (χ0) is 11.0. The van der Waals surface area contributed by atoms with Gasteiger partial charge in [0.25, 0.3) is 0 Å². The van der Waals surface area contributed by atoms with Gasteiger partial charge in [0.2, 0.25) is 5.89 Å². The number of hydrogen-bond acceptors (Lipinski definition) is 5. The van der Waals surface area contributed by atoms with Gasteiger partial charge in [-0.25, -0.2) is 0 Å². The van der Waals surface area contributed by atoms with E-state index in [1.165, 1.54) is 0 Å². The monoisotopic (exact) mass is 216 g/mol. The molecule has 0 radical (unpaired) electrons. The van der Waals surface area contributed by atoms with Crippen LogP contribution in [0.2, 0.25) is 0 Å². The Morgan fingerprint density at radius 1 is 1.38 bits per heavy atom. The van der Waals surface area contributed by atoms with Crippen molar-refractivity contribution in [1.82, 2.24) is 15.1 Å². The summed E-state index contributed by atoms with van der Waals surface area (Å²) in [5.41, 5.74) is 6.76. The second kappa shape index (κ2) is 3.68. The Balaban J connectivity index is 1.85. The molecule has 2 aromatic heterocycles. The third kappa shape index (κ3) is 1.69. The van der Waals surface area contributed by atoms with Crippen LogP contribution in [0.15, 0.2) is 28.9 Å². The van der Waals surface area contributed by atoms with Gasteiger partial charge in [0.15, 0.2) is 5.82 Å². The minimum absolute atomic E-state index is 0.405. The Kier molecular flexibility index (Phi) is 2.18. The van der Waals surface area contributed by atoms with Crippen molar-refractivity contribution in [2.24, 2.45) is 5.73 Å². The number of nitrogens with two attached hydrogens (primary N) is 1. The summed E-state index contributed by atoms with van der Waals surface area (Å²) in [6.07, 6.45) is 3.98. The lowest BCUT2D eigenvalue weighted by Gasteiger charge is -2.04. The fraction of sp³-hybridized carbons (Fsp3) is 0.364. The number of pyridine rings is 1. The maximum Gasteiger partial charge on any atom is 0.229 e. The van der Waals surface area contributed by atoms with Gasteiger partial charge in [-0.15, -0.1) is 0 Å². The molecule has 0 aromatic carbocycles. The van der Waals surface area contributed by atoms with Gasteiger partial charge in [0, 0.05) is 12.1 Å². The summed E-state index contributed by atoms with van der Waals surface area (Å²) in [4.78, 5) is 8.48. The Labute approximate surface area is 92.7 Å². The summed E-state index contributed by atoms with van der Waals surface area (Å²) in [6.45, 7) is 0. The van der Waals surface area contributed by atoms with Gasteiger partial charge in [-0.3, -0.25) is 4.98 Å². The van der Waals surface area contributed by atoms with Crippen LogP contribution in [-0.4, -0.2) is 15.1 Å². The van der Waals surface area contributed by atoms with Crippen molar-refractivity contribution in [3.63, 3.8) is 0 Å². The molecule has 1 saturated carbocycles. The summed E-state index contributed by atoms with van der Waals surface area (Å²) in [7, 11) is 0. The van der Waals surface area contributed by atoms with Gasteiger partial charge in [0.05, 0.1) is 5.69 Å². The van der Waals surface area contributed by atoms with Gasteiger partial charge in [0.1, 0.15) is 6.04 Å². The fourth-order valence-electron chi connectivity index (χ4n) is 1.56. The van der Waals surface area contributed by atoms with Crippen molar-refractivity contribution in [1.29, 1.82) is 0 Å². The molecule has 0 bridgehead atoms. The van der Waals surface area contributed by atoms with Gasteiger partial charge in [-0.2, -0.15) is 4.98 Å². The van der Waals surface area contributed by atoms with E-state index < -0.39 is 6.04 Å². The van der Waals surface area contributed by atoms with Gasteiger partial charge in [-0.05, 0) is 25.0 Å². The number of hydrogen-bond donors (Lipinski definition) is 1. The molecule has 1 aliphatic carbocycles. The molecule has 0 spiro atoms. The van der Waals surface area contributed by atoms with Crippen LogP contribution in [0.1, 0.15) is 42.2 Å². The number of aromatic nitrogens is 3. The first-order valence-electron chi connectivity index (χ1n) is 5.34. The lowest BCUT2D eigenvalue weighted by molar-refractivity contribution is 0.372. The van der Waals surface area contributed by atoms with Crippen LogP contribution in [0.25, 0.3) is 0 Å². The van der Waals surface area contributed by atoms with E-state index in [9.17, 15) is 0 Å². The Morgan fingerprint density at radius 2 is 2.25 bits per heavy atom. The van der Waals surface area contributed by atoms with E-state index in [4.69, 9.17) is 10.3 Å². The molecule has 0 saturated heterocycles. The van der Waals surface area contributed by atoms with Crippen LogP contribution >= 0.6 is 0 Å². The predicted octanol–water partition coefficient (Wildman–Crippen LogP) is 1.39. The van der Waals surface area contributed by atoms with E-state index >= 15 is 0 Å². The van der Waals surface area contributed by atoms with Crippen LogP contribution in [0.4, 0.5) is 0 Å². The zero-order valence-electron chi connectivity index (χ0n) is 8.71. The summed E-state index contributed by atoms with van der Waals surface area (Å²) < 4.78 is 5.16. The largest absolute Gasteiger partial charge is 0.339 e. The van der Waals surface area contributed by atoms with Crippen molar-refractivity contribution in [3.05, 3.63) is 41.8 Å². The molecule has 3 rings (SSSR count). The van der Waals surface area contributed by atoms with Crippen LogP contribution in [0.3, 0.4) is 0 Å². The maximum atomic E-state index is 6.00. The van der Waals surface area contributed by atoms with Crippen LogP contribution < -0.4 is 5.73 Å². The van der Waals surface area contributed by atoms with E-state index in [2.05, 4.69) is 15.1 Å². The highest BCUT2D eigenvalue weighted by Crippen LogP contribution is 2.39. The molecular formula is C11H12N4O. The normalized spacial score (nSPS) is 17.3. The molecule has 2 heterocycles. The molecule has 0 unspecified atom stereocenters. The highest BCUT2D eigenvalue weighted by Gasteiger charge is 2.30. The molecule has 5 heteroatoms.